The van der Waals surface area contributed by atoms with Crippen molar-refractivity contribution in [3.8, 4) is 0 Å². The smallest absolute Gasteiger partial charge is 0.273 e. The van der Waals surface area contributed by atoms with Gasteiger partial charge in [-0.05, 0) is 12.1 Å². The Hall–Kier alpha value is -0.890. The first-order valence-corrected chi connectivity index (χ1v) is 6.86. The second-order valence-corrected chi connectivity index (χ2v) is 5.09. The van der Waals surface area contributed by atoms with Crippen molar-refractivity contribution in [2.45, 2.75) is 18.6 Å². The van der Waals surface area contributed by atoms with E-state index in [1.807, 2.05) is 0 Å². The van der Waals surface area contributed by atoms with Crippen molar-refractivity contribution in [1.29, 1.82) is 0 Å². The Morgan fingerprint density at radius 1 is 1.41 bits per heavy atom. The zero-order valence-corrected chi connectivity index (χ0v) is 10.8. The van der Waals surface area contributed by atoms with Crippen molar-refractivity contribution >= 4 is 10.0 Å². The fraction of sp³-hybridized carbons (Fsp3) is 0.600. The summed E-state index contributed by atoms with van der Waals surface area (Å²) in [6.45, 7) is 3.82. The van der Waals surface area contributed by atoms with Crippen LogP contribution in [-0.2, 0) is 21.3 Å². The third kappa shape index (κ3) is 4.47. The molecule has 0 aliphatic carbocycles. The molecule has 17 heavy (non-hydrogen) atoms. The van der Waals surface area contributed by atoms with E-state index in [2.05, 4.69) is 10.0 Å². The van der Waals surface area contributed by atoms with Crippen LogP contribution in [0.4, 0.5) is 0 Å². The molecule has 0 amide bonds. The summed E-state index contributed by atoms with van der Waals surface area (Å²) in [6.07, 6.45) is 0. The molecule has 1 rings (SSSR count). The van der Waals surface area contributed by atoms with Crippen molar-refractivity contribution in [1.82, 2.24) is 10.0 Å². The van der Waals surface area contributed by atoms with Gasteiger partial charge in [0.15, 0.2) is 0 Å². The van der Waals surface area contributed by atoms with Crippen LogP contribution in [0.15, 0.2) is 21.6 Å². The molecule has 0 atom stereocenters. The first kappa shape index (κ1) is 14.2. The second-order valence-electron chi connectivity index (χ2n) is 3.39. The Morgan fingerprint density at radius 3 is 2.82 bits per heavy atom. The topological polar surface area (TPSA) is 80.6 Å². The number of sulfonamides is 1. The van der Waals surface area contributed by atoms with Gasteiger partial charge < -0.3 is 14.5 Å². The van der Waals surface area contributed by atoms with Crippen LogP contribution in [0.2, 0.25) is 0 Å². The standard InChI is InChI=1S/C10H18N2O4S/c1-3-12-17(13,14)10-5-4-9(16-10)8-11-6-7-15-2/h4-5,11-12H,3,6-8H2,1-2H3. The molecule has 1 aromatic rings. The Kier molecular flexibility index (Phi) is 5.63. The molecular formula is C10H18N2O4S. The molecule has 0 aliphatic rings. The average molecular weight is 262 g/mol. The van der Waals surface area contributed by atoms with Crippen LogP contribution in [0, 0.1) is 0 Å². The highest BCUT2D eigenvalue weighted by Crippen LogP contribution is 2.13. The fourth-order valence-electron chi connectivity index (χ4n) is 1.24. The van der Waals surface area contributed by atoms with Crippen molar-refractivity contribution < 1.29 is 17.6 Å². The molecule has 0 spiro atoms. The van der Waals surface area contributed by atoms with E-state index in [4.69, 9.17) is 9.15 Å². The first-order valence-electron chi connectivity index (χ1n) is 5.38. The number of hydrogen-bond donors (Lipinski definition) is 2. The van der Waals surface area contributed by atoms with Gasteiger partial charge in [-0.25, -0.2) is 13.1 Å². The van der Waals surface area contributed by atoms with Crippen molar-refractivity contribution in [2.75, 3.05) is 26.8 Å². The van der Waals surface area contributed by atoms with Gasteiger partial charge >= 0.3 is 0 Å². The summed E-state index contributed by atoms with van der Waals surface area (Å²) >= 11 is 0. The highest BCUT2D eigenvalue weighted by Gasteiger charge is 2.17. The van der Waals surface area contributed by atoms with Gasteiger partial charge in [-0.15, -0.1) is 0 Å². The second kappa shape index (κ2) is 6.75. The lowest BCUT2D eigenvalue weighted by molar-refractivity contribution is 0.198. The summed E-state index contributed by atoms with van der Waals surface area (Å²) in [7, 11) is -1.87. The van der Waals surface area contributed by atoms with Gasteiger partial charge in [-0.1, -0.05) is 6.92 Å². The monoisotopic (exact) mass is 262 g/mol. The minimum Gasteiger partial charge on any atom is -0.447 e. The summed E-state index contributed by atoms with van der Waals surface area (Å²) in [5.41, 5.74) is 0. The third-order valence-electron chi connectivity index (χ3n) is 2.02. The lowest BCUT2D eigenvalue weighted by atomic mass is 10.4. The van der Waals surface area contributed by atoms with Crippen molar-refractivity contribution in [3.63, 3.8) is 0 Å². The number of rotatable bonds is 8. The zero-order chi connectivity index (χ0) is 12.7. The minimum atomic E-state index is -3.49. The molecule has 98 valence electrons. The van der Waals surface area contributed by atoms with E-state index in [1.54, 1.807) is 20.1 Å². The Labute approximate surface area is 101 Å². The normalized spacial score (nSPS) is 11.9. The maximum atomic E-state index is 11.6. The number of ether oxygens (including phenoxy) is 1. The molecule has 6 nitrogen and oxygen atoms in total. The predicted molar refractivity (Wildman–Crippen MR) is 63.2 cm³/mol. The van der Waals surface area contributed by atoms with E-state index in [0.717, 1.165) is 0 Å². The molecule has 0 fully saturated rings. The van der Waals surface area contributed by atoms with E-state index >= 15 is 0 Å². The van der Waals surface area contributed by atoms with Crippen LogP contribution in [0.25, 0.3) is 0 Å². The number of methoxy groups -OCH3 is 1. The van der Waals surface area contributed by atoms with Crippen LogP contribution in [0.1, 0.15) is 12.7 Å². The molecule has 7 heteroatoms. The van der Waals surface area contributed by atoms with Gasteiger partial charge in [0.25, 0.3) is 10.0 Å². The van der Waals surface area contributed by atoms with E-state index < -0.39 is 10.0 Å². The fourth-order valence-corrected chi connectivity index (χ4v) is 2.23. The molecule has 0 saturated heterocycles. The lowest BCUT2D eigenvalue weighted by Crippen LogP contribution is -2.22. The maximum absolute atomic E-state index is 11.6. The highest BCUT2D eigenvalue weighted by atomic mass is 32.2. The summed E-state index contributed by atoms with van der Waals surface area (Å²) in [6, 6.07) is 3.09. The summed E-state index contributed by atoms with van der Waals surface area (Å²) < 4.78 is 35.6. The van der Waals surface area contributed by atoms with Gasteiger partial charge in [0.2, 0.25) is 5.09 Å². The van der Waals surface area contributed by atoms with Crippen LogP contribution in [-0.4, -0.2) is 35.2 Å². The van der Waals surface area contributed by atoms with Crippen molar-refractivity contribution in [3.05, 3.63) is 17.9 Å². The van der Waals surface area contributed by atoms with Gasteiger partial charge in [-0.2, -0.15) is 0 Å². The highest BCUT2D eigenvalue weighted by molar-refractivity contribution is 7.89. The summed E-state index contributed by atoms with van der Waals surface area (Å²) in [4.78, 5) is 0. The Balaban J connectivity index is 2.53. The van der Waals surface area contributed by atoms with Gasteiger partial charge in [-0.3, -0.25) is 0 Å². The van der Waals surface area contributed by atoms with Gasteiger partial charge in [0.05, 0.1) is 13.2 Å². The molecule has 2 N–H and O–H groups in total. The summed E-state index contributed by atoms with van der Waals surface area (Å²) in [5.74, 6) is 0.581. The van der Waals surface area contributed by atoms with Crippen LogP contribution in [0.3, 0.4) is 0 Å². The SMILES string of the molecule is CCNS(=O)(=O)c1ccc(CNCCOC)o1. The van der Waals surface area contributed by atoms with Gasteiger partial charge in [0.1, 0.15) is 5.76 Å². The molecule has 1 heterocycles. The Morgan fingerprint density at radius 2 is 2.18 bits per heavy atom. The number of nitrogens with one attached hydrogen (secondary N) is 2. The molecule has 0 aromatic carbocycles. The van der Waals surface area contributed by atoms with E-state index in [1.165, 1.54) is 6.07 Å². The molecule has 0 unspecified atom stereocenters. The number of furan rings is 1. The van der Waals surface area contributed by atoms with Crippen molar-refractivity contribution in [2.24, 2.45) is 0 Å². The molecule has 0 bridgehead atoms. The molecule has 0 radical (unpaired) electrons. The quantitative estimate of drug-likeness (QED) is 0.659. The van der Waals surface area contributed by atoms with Crippen LogP contribution < -0.4 is 10.0 Å². The van der Waals surface area contributed by atoms with E-state index in [0.29, 0.717) is 32.0 Å². The molecule has 0 saturated carbocycles. The van der Waals surface area contributed by atoms with E-state index in [-0.39, 0.29) is 5.09 Å². The van der Waals surface area contributed by atoms with Crippen LogP contribution >= 0.6 is 0 Å². The molecule has 0 aliphatic heterocycles. The van der Waals surface area contributed by atoms with E-state index in [9.17, 15) is 8.42 Å². The van der Waals surface area contributed by atoms with Gasteiger partial charge in [0, 0.05) is 20.2 Å². The largest absolute Gasteiger partial charge is 0.447 e. The third-order valence-corrected chi connectivity index (χ3v) is 3.44. The lowest BCUT2D eigenvalue weighted by Gasteiger charge is -2.02. The number of hydrogen-bond acceptors (Lipinski definition) is 5. The molecule has 1 aromatic heterocycles. The zero-order valence-electron chi connectivity index (χ0n) is 10.0. The average Bonchev–Trinajstić information content (AvgIpc) is 2.74. The first-order chi connectivity index (χ1) is 8.10. The molecular weight excluding hydrogens is 244 g/mol. The maximum Gasteiger partial charge on any atom is 0.273 e. The summed E-state index contributed by atoms with van der Waals surface area (Å²) in [5, 5.41) is 3.01. The Bertz CT molecular complexity index is 427. The minimum absolute atomic E-state index is 0.0529. The predicted octanol–water partition coefficient (Wildman–Crippen LogP) is 0.314. The van der Waals surface area contributed by atoms with Crippen LogP contribution in [0.5, 0.6) is 0 Å².